The van der Waals surface area contributed by atoms with Crippen molar-refractivity contribution in [3.63, 3.8) is 0 Å². The Morgan fingerprint density at radius 2 is 1.71 bits per heavy atom. The van der Waals surface area contributed by atoms with E-state index in [2.05, 4.69) is 4.72 Å². The van der Waals surface area contributed by atoms with Crippen molar-refractivity contribution in [2.45, 2.75) is 23.3 Å². The van der Waals surface area contributed by atoms with Crippen LogP contribution in [-0.4, -0.2) is 38.3 Å². The highest BCUT2D eigenvalue weighted by Gasteiger charge is 2.44. The molecular weight excluding hydrogens is 408 g/mol. The van der Waals surface area contributed by atoms with Crippen molar-refractivity contribution in [3.8, 4) is 11.5 Å². The Kier molecular flexibility index (Phi) is 6.21. The van der Waals surface area contributed by atoms with Gasteiger partial charge < -0.3 is 9.47 Å². The van der Waals surface area contributed by atoms with Gasteiger partial charge in [-0.15, -0.1) is 0 Å². The molecule has 1 saturated heterocycles. The minimum Gasteiger partial charge on any atom is -0.457 e. The van der Waals surface area contributed by atoms with E-state index in [4.69, 9.17) is 26.3 Å². The summed E-state index contributed by atoms with van der Waals surface area (Å²) < 4.78 is 38.8. The number of hydrogen-bond donors (Lipinski definition) is 3. The predicted octanol–water partition coefficient (Wildman–Crippen LogP) is 2.47. The first-order valence-electron chi connectivity index (χ1n) is 8.44. The summed E-state index contributed by atoms with van der Waals surface area (Å²) >= 11 is 5.83. The van der Waals surface area contributed by atoms with Gasteiger partial charge in [-0.05, 0) is 61.4 Å². The molecule has 1 unspecified atom stereocenters. The minimum atomic E-state index is -4.04. The Hall–Kier alpha value is -2.17. The third-order valence-electron chi connectivity index (χ3n) is 4.29. The van der Waals surface area contributed by atoms with Crippen LogP contribution in [-0.2, 0) is 19.6 Å². The van der Waals surface area contributed by atoms with Gasteiger partial charge in [-0.2, -0.15) is 4.72 Å². The van der Waals surface area contributed by atoms with Crippen molar-refractivity contribution in [3.05, 3.63) is 53.6 Å². The lowest BCUT2D eigenvalue weighted by Gasteiger charge is -2.35. The molecule has 1 aliphatic heterocycles. The number of hydrogen-bond acceptors (Lipinski definition) is 6. The average Bonchev–Trinajstić information content (AvgIpc) is 2.70. The fourth-order valence-corrected chi connectivity index (χ4v) is 4.36. The molecule has 0 aromatic heterocycles. The van der Waals surface area contributed by atoms with E-state index in [0.29, 0.717) is 29.5 Å². The first-order valence-corrected chi connectivity index (χ1v) is 10.3. The summed E-state index contributed by atoms with van der Waals surface area (Å²) in [4.78, 5) is 12.0. The molecule has 10 heteroatoms. The maximum Gasteiger partial charge on any atom is 0.267 e. The van der Waals surface area contributed by atoms with Gasteiger partial charge in [-0.3, -0.25) is 10.0 Å². The number of rotatable bonds is 6. The number of carbonyl (C=O) groups excluding carboxylic acids is 1. The first-order chi connectivity index (χ1) is 13.3. The number of sulfonamides is 1. The highest BCUT2D eigenvalue weighted by Crippen LogP contribution is 2.26. The zero-order valence-electron chi connectivity index (χ0n) is 14.7. The van der Waals surface area contributed by atoms with Gasteiger partial charge in [0.1, 0.15) is 17.0 Å². The highest BCUT2D eigenvalue weighted by molar-refractivity contribution is 7.89. The van der Waals surface area contributed by atoms with Crippen molar-refractivity contribution < 1.29 is 27.9 Å². The van der Waals surface area contributed by atoms with E-state index in [1.165, 1.54) is 29.7 Å². The number of ether oxygens (including phenoxy) is 2. The third kappa shape index (κ3) is 4.62. The first kappa shape index (κ1) is 20.6. The highest BCUT2D eigenvalue weighted by atomic mass is 35.5. The quantitative estimate of drug-likeness (QED) is 0.483. The largest absolute Gasteiger partial charge is 0.457 e. The zero-order valence-corrected chi connectivity index (χ0v) is 16.3. The molecule has 0 radical (unpaired) electrons. The number of nitrogens with one attached hydrogen (secondary N) is 2. The molecule has 1 fully saturated rings. The maximum absolute atomic E-state index is 12.7. The van der Waals surface area contributed by atoms with Gasteiger partial charge in [0.15, 0.2) is 0 Å². The summed E-state index contributed by atoms with van der Waals surface area (Å²) in [6.45, 7) is 0.245. The van der Waals surface area contributed by atoms with Crippen LogP contribution in [0.3, 0.4) is 0 Å². The molecule has 3 N–H and O–H groups in total. The molecule has 0 saturated carbocycles. The molecule has 0 bridgehead atoms. The van der Waals surface area contributed by atoms with Gasteiger partial charge >= 0.3 is 0 Å². The number of amides is 1. The van der Waals surface area contributed by atoms with E-state index in [9.17, 15) is 13.2 Å². The van der Waals surface area contributed by atoms with Crippen LogP contribution in [0, 0.1) is 0 Å². The second-order valence-corrected chi connectivity index (χ2v) is 8.43. The molecule has 150 valence electrons. The number of halogens is 1. The van der Waals surface area contributed by atoms with Crippen molar-refractivity contribution >= 4 is 27.5 Å². The second-order valence-electron chi connectivity index (χ2n) is 6.31. The number of carbonyl (C=O) groups is 1. The van der Waals surface area contributed by atoms with Crippen LogP contribution >= 0.6 is 11.6 Å². The number of benzene rings is 2. The van der Waals surface area contributed by atoms with E-state index >= 15 is 0 Å². The average molecular weight is 427 g/mol. The van der Waals surface area contributed by atoms with E-state index in [1.54, 1.807) is 24.3 Å². The minimum absolute atomic E-state index is 0.0494. The summed E-state index contributed by atoms with van der Waals surface area (Å²) in [6.07, 6.45) is 0.681. The molecular formula is C18H19ClN2O6S. The molecule has 3 rings (SSSR count). The van der Waals surface area contributed by atoms with Crippen molar-refractivity contribution in [2.24, 2.45) is 0 Å². The number of hydroxylamine groups is 1. The monoisotopic (exact) mass is 426 g/mol. The summed E-state index contributed by atoms with van der Waals surface area (Å²) in [6, 6.07) is 12.5. The lowest BCUT2D eigenvalue weighted by molar-refractivity contribution is -0.140. The lowest BCUT2D eigenvalue weighted by Crippen LogP contribution is -2.62. The summed E-state index contributed by atoms with van der Waals surface area (Å²) in [5, 5.41) is 9.57. The molecule has 8 nitrogen and oxygen atoms in total. The molecule has 1 atom stereocenters. The van der Waals surface area contributed by atoms with Crippen LogP contribution in [0.25, 0.3) is 0 Å². The molecule has 2 aromatic rings. The van der Waals surface area contributed by atoms with Crippen molar-refractivity contribution in [2.75, 3.05) is 13.2 Å². The molecule has 1 heterocycles. The van der Waals surface area contributed by atoms with Gasteiger partial charge in [0, 0.05) is 11.6 Å². The Labute approximate surface area is 167 Å². The van der Waals surface area contributed by atoms with Crippen LogP contribution < -0.4 is 14.9 Å². The zero-order chi connectivity index (χ0) is 20.2. The fourth-order valence-electron chi connectivity index (χ4n) is 2.85. The standard InChI is InChI=1S/C18H19ClN2O6S/c19-13-2-4-14(5-3-13)27-15-6-8-16(9-7-15)28(24,25)21-18(17(22)20-23)10-1-11-26-12-18/h2-9,21,23H,1,10-12H2,(H,20,22). The van der Waals surface area contributed by atoms with Crippen molar-refractivity contribution in [1.29, 1.82) is 0 Å². The molecule has 1 aliphatic rings. The van der Waals surface area contributed by atoms with Gasteiger partial charge in [0.2, 0.25) is 10.0 Å². The van der Waals surface area contributed by atoms with Gasteiger partial charge in [-0.1, -0.05) is 11.6 Å². The molecule has 28 heavy (non-hydrogen) atoms. The van der Waals surface area contributed by atoms with Gasteiger partial charge in [-0.25, -0.2) is 13.9 Å². The molecule has 2 aromatic carbocycles. The van der Waals surface area contributed by atoms with Gasteiger partial charge in [0.25, 0.3) is 5.91 Å². The van der Waals surface area contributed by atoms with Crippen LogP contribution in [0.5, 0.6) is 11.5 Å². The van der Waals surface area contributed by atoms with Crippen molar-refractivity contribution in [1.82, 2.24) is 10.2 Å². The summed E-state index contributed by atoms with van der Waals surface area (Å²) in [7, 11) is -4.04. The molecule has 0 spiro atoms. The van der Waals surface area contributed by atoms with Gasteiger partial charge in [0.05, 0.1) is 11.5 Å². The second kappa shape index (κ2) is 8.46. The Morgan fingerprint density at radius 3 is 2.25 bits per heavy atom. The SMILES string of the molecule is O=C(NO)C1(NS(=O)(=O)c2ccc(Oc3ccc(Cl)cc3)cc2)CCCOC1. The van der Waals surface area contributed by atoms with Crippen LogP contribution in [0.4, 0.5) is 0 Å². The van der Waals surface area contributed by atoms with Crippen LogP contribution in [0.2, 0.25) is 5.02 Å². The van der Waals surface area contributed by atoms with E-state index in [0.717, 1.165) is 0 Å². The van der Waals surface area contributed by atoms with E-state index < -0.39 is 21.5 Å². The topological polar surface area (TPSA) is 114 Å². The Morgan fingerprint density at radius 1 is 1.11 bits per heavy atom. The molecule has 0 aliphatic carbocycles. The third-order valence-corrected chi connectivity index (χ3v) is 6.09. The molecule has 1 amide bonds. The Bertz CT molecular complexity index is 926. The smallest absolute Gasteiger partial charge is 0.267 e. The summed E-state index contributed by atoms with van der Waals surface area (Å²) in [5.41, 5.74) is -0.0505. The normalized spacial score (nSPS) is 19.8. The van der Waals surface area contributed by atoms with E-state index in [1.807, 2.05) is 0 Å². The maximum atomic E-state index is 12.7. The fraction of sp³-hybridized carbons (Fsp3) is 0.278. The van der Waals surface area contributed by atoms with E-state index in [-0.39, 0.29) is 17.9 Å². The van der Waals surface area contributed by atoms with Crippen LogP contribution in [0.15, 0.2) is 53.4 Å². The van der Waals surface area contributed by atoms with Crippen LogP contribution in [0.1, 0.15) is 12.8 Å². The lowest BCUT2D eigenvalue weighted by atomic mass is 9.93. The Balaban J connectivity index is 1.77. The summed E-state index contributed by atoms with van der Waals surface area (Å²) in [5.74, 6) is 0.125. The predicted molar refractivity (Wildman–Crippen MR) is 101 cm³/mol.